The van der Waals surface area contributed by atoms with Crippen LogP contribution in [0.3, 0.4) is 0 Å². The summed E-state index contributed by atoms with van der Waals surface area (Å²) in [5, 5.41) is 3.33. The molecule has 0 bridgehead atoms. The number of nitrogens with zero attached hydrogens (tertiary/aromatic N) is 1. The van der Waals surface area contributed by atoms with Gasteiger partial charge in [0.1, 0.15) is 5.50 Å². The average Bonchev–Trinajstić information content (AvgIpc) is 2.10. The van der Waals surface area contributed by atoms with Gasteiger partial charge in [0.25, 0.3) is 0 Å². The zero-order valence-corrected chi connectivity index (χ0v) is 10.1. The summed E-state index contributed by atoms with van der Waals surface area (Å²) in [6.07, 6.45) is 2.24. The number of rotatable bonds is 4. The zero-order valence-electron chi connectivity index (χ0n) is 9.38. The van der Waals surface area contributed by atoms with Crippen molar-refractivity contribution in [1.29, 1.82) is 0 Å². The van der Waals surface area contributed by atoms with Gasteiger partial charge in [-0.05, 0) is 13.8 Å². The first-order valence-electron chi connectivity index (χ1n) is 4.87. The minimum absolute atomic E-state index is 0.156. The van der Waals surface area contributed by atoms with E-state index in [-0.39, 0.29) is 11.0 Å². The van der Waals surface area contributed by atoms with E-state index in [2.05, 4.69) is 10.3 Å². The normalized spacial score (nSPS) is 22.0. The van der Waals surface area contributed by atoms with Crippen molar-refractivity contribution in [3.63, 3.8) is 0 Å². The Kier molecular flexibility index (Phi) is 3.99. The fourth-order valence-corrected chi connectivity index (χ4v) is 1.72. The lowest BCUT2D eigenvalue weighted by molar-refractivity contribution is 0.134. The molecule has 4 nitrogen and oxygen atoms in total. The molecule has 15 heavy (non-hydrogen) atoms. The van der Waals surface area contributed by atoms with Crippen molar-refractivity contribution >= 4 is 17.8 Å². The molecule has 1 atom stereocenters. The SMILES string of the molecule is COCC(C)(C)NC1=C(N)C=NC(Cl)C1. The maximum absolute atomic E-state index is 5.92. The third kappa shape index (κ3) is 3.72. The highest BCUT2D eigenvalue weighted by Crippen LogP contribution is 2.18. The van der Waals surface area contributed by atoms with E-state index < -0.39 is 0 Å². The van der Waals surface area contributed by atoms with E-state index in [0.29, 0.717) is 18.7 Å². The molecule has 0 saturated carbocycles. The molecule has 5 heteroatoms. The Balaban J connectivity index is 2.68. The van der Waals surface area contributed by atoms with Gasteiger partial charge in [-0.1, -0.05) is 11.6 Å². The molecule has 86 valence electrons. The summed E-state index contributed by atoms with van der Waals surface area (Å²) in [7, 11) is 1.67. The van der Waals surface area contributed by atoms with E-state index in [1.807, 2.05) is 13.8 Å². The van der Waals surface area contributed by atoms with Gasteiger partial charge in [-0.25, -0.2) is 0 Å². The lowest BCUT2D eigenvalue weighted by Crippen LogP contribution is -2.44. The third-order valence-corrected chi connectivity index (χ3v) is 2.36. The number of aliphatic imine (C=N–C) groups is 1. The van der Waals surface area contributed by atoms with Crippen LogP contribution in [-0.4, -0.2) is 31.0 Å². The number of ether oxygens (including phenoxy) is 1. The molecule has 0 aliphatic carbocycles. The Morgan fingerprint density at radius 2 is 2.40 bits per heavy atom. The molecule has 0 aromatic rings. The second-order valence-electron chi connectivity index (χ2n) is 4.29. The first-order valence-corrected chi connectivity index (χ1v) is 5.31. The van der Waals surface area contributed by atoms with Gasteiger partial charge in [0.2, 0.25) is 0 Å². The first kappa shape index (κ1) is 12.3. The summed E-state index contributed by atoms with van der Waals surface area (Å²) in [5.41, 5.74) is 7.02. The molecule has 0 fully saturated rings. The Bertz CT molecular complexity index is 286. The summed E-state index contributed by atoms with van der Waals surface area (Å²) in [6.45, 7) is 4.70. The molecule has 1 heterocycles. The van der Waals surface area contributed by atoms with E-state index >= 15 is 0 Å². The van der Waals surface area contributed by atoms with Crippen LogP contribution < -0.4 is 11.1 Å². The highest BCUT2D eigenvalue weighted by molar-refractivity contribution is 6.21. The number of hydrogen-bond donors (Lipinski definition) is 2. The second-order valence-corrected chi connectivity index (χ2v) is 4.80. The minimum atomic E-state index is -0.224. The van der Waals surface area contributed by atoms with Crippen molar-refractivity contribution in [2.75, 3.05) is 13.7 Å². The summed E-state index contributed by atoms with van der Waals surface area (Å²) in [4.78, 5) is 4.02. The largest absolute Gasteiger partial charge is 0.396 e. The Hall–Kier alpha value is -0.740. The molecule has 0 saturated heterocycles. The molecule has 1 aliphatic heterocycles. The Morgan fingerprint density at radius 3 is 3.00 bits per heavy atom. The highest BCUT2D eigenvalue weighted by atomic mass is 35.5. The first-order chi connectivity index (χ1) is 6.94. The van der Waals surface area contributed by atoms with Gasteiger partial charge in [-0.15, -0.1) is 0 Å². The van der Waals surface area contributed by atoms with E-state index in [4.69, 9.17) is 22.1 Å². The number of alkyl halides is 1. The van der Waals surface area contributed by atoms with Gasteiger partial charge in [0.15, 0.2) is 0 Å². The van der Waals surface area contributed by atoms with Gasteiger partial charge in [-0.2, -0.15) is 0 Å². The maximum Gasteiger partial charge on any atom is 0.129 e. The smallest absolute Gasteiger partial charge is 0.129 e. The van der Waals surface area contributed by atoms with Gasteiger partial charge in [0.05, 0.1) is 17.8 Å². The van der Waals surface area contributed by atoms with Crippen molar-refractivity contribution in [2.24, 2.45) is 10.7 Å². The van der Waals surface area contributed by atoms with Crippen LogP contribution in [0.1, 0.15) is 20.3 Å². The molecule has 0 radical (unpaired) electrons. The number of allylic oxidation sites excluding steroid dienone is 1. The molecule has 0 spiro atoms. The number of methoxy groups -OCH3 is 1. The molecule has 1 rings (SSSR count). The quantitative estimate of drug-likeness (QED) is 0.565. The van der Waals surface area contributed by atoms with E-state index in [1.54, 1.807) is 13.3 Å². The van der Waals surface area contributed by atoms with E-state index in [1.165, 1.54) is 0 Å². The van der Waals surface area contributed by atoms with E-state index in [0.717, 1.165) is 5.70 Å². The van der Waals surface area contributed by atoms with Crippen molar-refractivity contribution in [3.8, 4) is 0 Å². The van der Waals surface area contributed by atoms with Crippen molar-refractivity contribution in [2.45, 2.75) is 31.3 Å². The molecular formula is C10H18ClN3O. The van der Waals surface area contributed by atoms with Crippen molar-refractivity contribution < 1.29 is 4.74 Å². The number of nitrogens with two attached hydrogens (primary N) is 1. The van der Waals surface area contributed by atoms with Crippen LogP contribution in [0.25, 0.3) is 0 Å². The van der Waals surface area contributed by atoms with Gasteiger partial charge in [0, 0.05) is 25.4 Å². The molecule has 0 aromatic carbocycles. The van der Waals surface area contributed by atoms with Crippen LogP contribution in [-0.2, 0) is 4.74 Å². The average molecular weight is 232 g/mol. The molecule has 1 aliphatic rings. The van der Waals surface area contributed by atoms with Crippen LogP contribution in [0.4, 0.5) is 0 Å². The molecule has 1 unspecified atom stereocenters. The summed E-state index contributed by atoms with van der Waals surface area (Å²) >= 11 is 5.92. The molecule has 0 aromatic heterocycles. The molecular weight excluding hydrogens is 214 g/mol. The minimum Gasteiger partial charge on any atom is -0.396 e. The number of nitrogens with one attached hydrogen (secondary N) is 1. The number of halogens is 1. The monoisotopic (exact) mass is 231 g/mol. The standard InChI is InChI=1S/C10H18ClN3O/c1-10(2,6-15-3)14-8-4-9(11)13-5-7(8)12/h5,9,14H,4,6,12H2,1-3H3. The van der Waals surface area contributed by atoms with Crippen LogP contribution in [0.5, 0.6) is 0 Å². The van der Waals surface area contributed by atoms with Crippen LogP contribution in [0.2, 0.25) is 0 Å². The number of hydrogen-bond acceptors (Lipinski definition) is 4. The fourth-order valence-electron chi connectivity index (χ4n) is 1.51. The van der Waals surface area contributed by atoms with Gasteiger partial charge in [-0.3, -0.25) is 4.99 Å². The molecule has 0 amide bonds. The summed E-state index contributed by atoms with van der Waals surface area (Å²) in [5.74, 6) is 0. The maximum atomic E-state index is 5.92. The second kappa shape index (κ2) is 4.86. The fraction of sp³-hybridized carbons (Fsp3) is 0.700. The predicted molar refractivity (Wildman–Crippen MR) is 63.1 cm³/mol. The number of dihydropyridines is 1. The summed E-state index contributed by atoms with van der Waals surface area (Å²) in [6, 6.07) is 0. The van der Waals surface area contributed by atoms with Gasteiger partial charge < -0.3 is 15.8 Å². The zero-order chi connectivity index (χ0) is 11.5. The van der Waals surface area contributed by atoms with E-state index in [9.17, 15) is 0 Å². The topological polar surface area (TPSA) is 59.6 Å². The highest BCUT2D eigenvalue weighted by Gasteiger charge is 2.22. The predicted octanol–water partition coefficient (Wildman–Crippen LogP) is 1.21. The Morgan fingerprint density at radius 1 is 1.73 bits per heavy atom. The molecule has 3 N–H and O–H groups in total. The Labute approximate surface area is 95.5 Å². The van der Waals surface area contributed by atoms with Crippen molar-refractivity contribution in [1.82, 2.24) is 5.32 Å². The van der Waals surface area contributed by atoms with Crippen LogP contribution in [0, 0.1) is 0 Å². The lowest BCUT2D eigenvalue weighted by Gasteiger charge is -2.30. The summed E-state index contributed by atoms with van der Waals surface area (Å²) < 4.78 is 5.12. The van der Waals surface area contributed by atoms with Gasteiger partial charge >= 0.3 is 0 Å². The third-order valence-electron chi connectivity index (χ3n) is 2.09. The van der Waals surface area contributed by atoms with Crippen LogP contribution in [0.15, 0.2) is 16.4 Å². The lowest BCUT2D eigenvalue weighted by atomic mass is 10.0. The van der Waals surface area contributed by atoms with Crippen molar-refractivity contribution in [3.05, 3.63) is 11.4 Å². The van der Waals surface area contributed by atoms with Crippen LogP contribution >= 0.6 is 11.6 Å².